The summed E-state index contributed by atoms with van der Waals surface area (Å²) in [5.74, 6) is 0. The van der Waals surface area contributed by atoms with Gasteiger partial charge in [0.15, 0.2) is 0 Å². The molecule has 0 spiro atoms. The Hall–Kier alpha value is -1.61. The van der Waals surface area contributed by atoms with Crippen molar-refractivity contribution in [2.45, 2.75) is 16.7 Å². The van der Waals surface area contributed by atoms with E-state index >= 15 is 0 Å². The Balaban J connectivity index is 2.32. The van der Waals surface area contributed by atoms with E-state index in [0.717, 1.165) is 15.4 Å². The summed E-state index contributed by atoms with van der Waals surface area (Å²) < 4.78 is 12.1. The van der Waals surface area contributed by atoms with Crippen LogP contribution >= 0.6 is 0 Å². The number of hydrogen-bond donors (Lipinski definition) is 1. The number of rotatable bonds is 2. The Kier molecular flexibility index (Phi) is 3.06. The molecule has 0 unspecified atom stereocenters. The minimum atomic E-state index is -1.12. The lowest BCUT2D eigenvalue weighted by Crippen LogP contribution is -1.93. The van der Waals surface area contributed by atoms with Crippen molar-refractivity contribution in [3.05, 3.63) is 54.1 Å². The van der Waals surface area contributed by atoms with Gasteiger partial charge >= 0.3 is 0 Å². The summed E-state index contributed by atoms with van der Waals surface area (Å²) in [7, 11) is -1.12. The van der Waals surface area contributed by atoms with Crippen LogP contribution in [0.1, 0.15) is 5.56 Å². The van der Waals surface area contributed by atoms with E-state index in [1.165, 1.54) is 0 Å². The van der Waals surface area contributed by atoms with E-state index in [-0.39, 0.29) is 0 Å². The highest BCUT2D eigenvalue weighted by Crippen LogP contribution is 2.17. The van der Waals surface area contributed by atoms with Crippen LogP contribution in [0.2, 0.25) is 0 Å². The molecule has 16 heavy (non-hydrogen) atoms. The topological polar surface area (TPSA) is 43.1 Å². The molecule has 0 aliphatic heterocycles. The van der Waals surface area contributed by atoms with E-state index in [1.807, 2.05) is 31.2 Å². The van der Waals surface area contributed by atoms with Crippen molar-refractivity contribution in [1.29, 1.82) is 0 Å². The van der Waals surface area contributed by atoms with Gasteiger partial charge in [0.25, 0.3) is 0 Å². The van der Waals surface area contributed by atoms with Crippen LogP contribution in [-0.4, -0.2) is 4.21 Å². The summed E-state index contributed by atoms with van der Waals surface area (Å²) in [6.07, 6.45) is 0. The average molecular weight is 231 g/mol. The van der Waals surface area contributed by atoms with E-state index in [2.05, 4.69) is 0 Å². The third-order valence-electron chi connectivity index (χ3n) is 2.33. The Morgan fingerprint density at radius 1 is 0.875 bits per heavy atom. The molecule has 2 N–H and O–H groups in total. The van der Waals surface area contributed by atoms with Crippen LogP contribution in [0.15, 0.2) is 58.3 Å². The maximum atomic E-state index is 12.1. The minimum Gasteiger partial charge on any atom is -0.399 e. The van der Waals surface area contributed by atoms with E-state index in [4.69, 9.17) is 5.73 Å². The van der Waals surface area contributed by atoms with E-state index in [9.17, 15) is 4.21 Å². The van der Waals surface area contributed by atoms with Crippen LogP contribution in [0.3, 0.4) is 0 Å². The van der Waals surface area contributed by atoms with E-state index in [1.54, 1.807) is 24.3 Å². The highest BCUT2D eigenvalue weighted by molar-refractivity contribution is 7.85. The zero-order valence-electron chi connectivity index (χ0n) is 9.01. The van der Waals surface area contributed by atoms with Gasteiger partial charge in [-0.05, 0) is 43.3 Å². The van der Waals surface area contributed by atoms with Gasteiger partial charge in [0.1, 0.15) is 0 Å². The molecule has 0 fully saturated rings. The molecule has 2 rings (SSSR count). The van der Waals surface area contributed by atoms with Gasteiger partial charge in [-0.3, -0.25) is 0 Å². The molecule has 82 valence electrons. The predicted molar refractivity (Wildman–Crippen MR) is 66.7 cm³/mol. The fourth-order valence-electron chi connectivity index (χ4n) is 1.39. The molecule has 0 aromatic heterocycles. The van der Waals surface area contributed by atoms with Crippen LogP contribution in [-0.2, 0) is 10.8 Å². The monoisotopic (exact) mass is 231 g/mol. The molecule has 3 heteroatoms. The summed E-state index contributed by atoms with van der Waals surface area (Å²) in [5, 5.41) is 0. The van der Waals surface area contributed by atoms with Gasteiger partial charge in [-0.1, -0.05) is 17.7 Å². The van der Waals surface area contributed by atoms with Crippen LogP contribution in [0, 0.1) is 6.92 Å². The van der Waals surface area contributed by atoms with E-state index in [0.29, 0.717) is 5.69 Å². The standard InChI is InChI=1S/C13H13NOS/c1-10-2-6-12(7-3-10)16(15)13-8-4-11(14)5-9-13/h2-9H,14H2,1H3/t16-/m0/s1. The van der Waals surface area contributed by atoms with Crippen molar-refractivity contribution in [2.75, 3.05) is 5.73 Å². The van der Waals surface area contributed by atoms with Gasteiger partial charge in [-0.25, -0.2) is 4.21 Å². The van der Waals surface area contributed by atoms with Crippen molar-refractivity contribution in [3.63, 3.8) is 0 Å². The molecule has 0 aliphatic rings. The summed E-state index contributed by atoms with van der Waals surface area (Å²) in [5.41, 5.74) is 7.44. The summed E-state index contributed by atoms with van der Waals surface area (Å²) in [4.78, 5) is 1.59. The van der Waals surface area contributed by atoms with Gasteiger partial charge < -0.3 is 5.73 Å². The van der Waals surface area contributed by atoms with Crippen LogP contribution in [0.4, 0.5) is 5.69 Å². The predicted octanol–water partition coefficient (Wildman–Crippen LogP) is 2.74. The lowest BCUT2D eigenvalue weighted by Gasteiger charge is -2.03. The lowest BCUT2D eigenvalue weighted by atomic mass is 10.2. The zero-order chi connectivity index (χ0) is 11.5. The fourth-order valence-corrected chi connectivity index (χ4v) is 2.43. The molecule has 1 atom stereocenters. The number of hydrogen-bond acceptors (Lipinski definition) is 2. The van der Waals surface area contributed by atoms with Crippen LogP contribution in [0.25, 0.3) is 0 Å². The molecule has 0 heterocycles. The minimum absolute atomic E-state index is 0.685. The smallest absolute Gasteiger partial charge is 0.0849 e. The molecule has 0 aliphatic carbocycles. The van der Waals surface area contributed by atoms with Gasteiger partial charge in [0.05, 0.1) is 10.8 Å². The highest BCUT2D eigenvalue weighted by Gasteiger charge is 2.05. The van der Waals surface area contributed by atoms with Gasteiger partial charge in [0, 0.05) is 15.5 Å². The van der Waals surface area contributed by atoms with Crippen molar-refractivity contribution in [1.82, 2.24) is 0 Å². The first kappa shape index (κ1) is 10.9. The first-order valence-corrected chi connectivity index (χ1v) is 6.16. The summed E-state index contributed by atoms with van der Waals surface area (Å²) >= 11 is 0. The van der Waals surface area contributed by atoms with Crippen molar-refractivity contribution in [3.8, 4) is 0 Å². The van der Waals surface area contributed by atoms with Gasteiger partial charge in [0.2, 0.25) is 0 Å². The normalized spacial score (nSPS) is 12.3. The second-order valence-corrected chi connectivity index (χ2v) is 5.13. The van der Waals surface area contributed by atoms with E-state index < -0.39 is 10.8 Å². The molecule has 0 radical (unpaired) electrons. The Morgan fingerprint density at radius 3 is 1.81 bits per heavy atom. The third kappa shape index (κ3) is 2.31. The molecule has 0 amide bonds. The van der Waals surface area contributed by atoms with Gasteiger partial charge in [-0.15, -0.1) is 0 Å². The average Bonchev–Trinajstić information content (AvgIpc) is 2.30. The summed E-state index contributed by atoms with van der Waals surface area (Å²) in [6, 6.07) is 14.8. The maximum absolute atomic E-state index is 12.1. The molecule has 2 aromatic carbocycles. The quantitative estimate of drug-likeness (QED) is 0.808. The number of benzene rings is 2. The van der Waals surface area contributed by atoms with Crippen molar-refractivity contribution >= 4 is 16.5 Å². The second-order valence-electron chi connectivity index (χ2n) is 3.65. The maximum Gasteiger partial charge on any atom is 0.0849 e. The van der Waals surface area contributed by atoms with Crippen LogP contribution < -0.4 is 5.73 Å². The fraction of sp³-hybridized carbons (Fsp3) is 0.0769. The Labute approximate surface area is 97.6 Å². The zero-order valence-corrected chi connectivity index (χ0v) is 9.83. The largest absolute Gasteiger partial charge is 0.399 e. The lowest BCUT2D eigenvalue weighted by molar-refractivity contribution is 0.683. The number of nitrogen functional groups attached to an aromatic ring is 1. The Bertz CT molecular complexity index is 455. The molecule has 2 aromatic rings. The molecular weight excluding hydrogens is 218 g/mol. The number of anilines is 1. The third-order valence-corrected chi connectivity index (χ3v) is 3.73. The highest BCUT2D eigenvalue weighted by atomic mass is 32.2. The number of aryl methyl sites for hydroxylation is 1. The van der Waals surface area contributed by atoms with Gasteiger partial charge in [-0.2, -0.15) is 0 Å². The first-order chi connectivity index (χ1) is 7.66. The van der Waals surface area contributed by atoms with Crippen molar-refractivity contribution in [2.24, 2.45) is 0 Å². The molecule has 0 saturated carbocycles. The van der Waals surface area contributed by atoms with Crippen molar-refractivity contribution < 1.29 is 4.21 Å². The number of nitrogens with two attached hydrogens (primary N) is 1. The molecular formula is C13H13NOS. The Morgan fingerprint density at radius 2 is 1.31 bits per heavy atom. The SMILES string of the molecule is Cc1ccc([S@](=O)c2ccc(N)cc2)cc1. The first-order valence-electron chi connectivity index (χ1n) is 5.01. The van der Waals surface area contributed by atoms with Crippen LogP contribution in [0.5, 0.6) is 0 Å². The summed E-state index contributed by atoms with van der Waals surface area (Å²) in [6.45, 7) is 2.01. The molecule has 0 bridgehead atoms. The molecule has 2 nitrogen and oxygen atoms in total. The second kappa shape index (κ2) is 4.49. The molecule has 0 saturated heterocycles.